The van der Waals surface area contributed by atoms with Crippen molar-refractivity contribution in [3.05, 3.63) is 101 Å². The van der Waals surface area contributed by atoms with Crippen molar-refractivity contribution >= 4 is 10.9 Å². The van der Waals surface area contributed by atoms with E-state index >= 15 is 0 Å². The first-order valence-corrected chi connectivity index (χ1v) is 12.0. The molecule has 0 radical (unpaired) electrons. The SMILES string of the molecule is CCC(Cc1ccc2[nH]c(C)cc2c1)NCC(O)c1ccc(OCc2ccccc2)c(CO)c1. The van der Waals surface area contributed by atoms with Gasteiger partial charge in [0.15, 0.2) is 0 Å². The van der Waals surface area contributed by atoms with E-state index in [1.165, 1.54) is 16.6 Å². The lowest BCUT2D eigenvalue weighted by atomic mass is 10.0. The summed E-state index contributed by atoms with van der Waals surface area (Å²) in [4.78, 5) is 3.37. The molecule has 2 unspecified atom stereocenters. The van der Waals surface area contributed by atoms with Gasteiger partial charge in [-0.3, -0.25) is 0 Å². The van der Waals surface area contributed by atoms with Gasteiger partial charge in [-0.25, -0.2) is 0 Å². The topological polar surface area (TPSA) is 77.5 Å². The fraction of sp³-hybridized carbons (Fsp3) is 0.310. The lowest BCUT2D eigenvalue weighted by Gasteiger charge is -2.21. The molecule has 1 aromatic heterocycles. The molecule has 0 aliphatic rings. The van der Waals surface area contributed by atoms with Gasteiger partial charge in [0.25, 0.3) is 0 Å². The first kappa shape index (κ1) is 24.0. The van der Waals surface area contributed by atoms with Crippen LogP contribution in [0.1, 0.15) is 47.4 Å². The smallest absolute Gasteiger partial charge is 0.125 e. The average molecular weight is 459 g/mol. The van der Waals surface area contributed by atoms with Crippen LogP contribution in [0.4, 0.5) is 0 Å². The van der Waals surface area contributed by atoms with Crippen LogP contribution < -0.4 is 10.1 Å². The summed E-state index contributed by atoms with van der Waals surface area (Å²) in [6.07, 6.45) is 1.19. The Bertz CT molecular complexity index is 1200. The second kappa shape index (κ2) is 11.3. The third kappa shape index (κ3) is 6.06. The average Bonchev–Trinajstić information content (AvgIpc) is 3.24. The molecule has 4 N–H and O–H groups in total. The number of hydrogen-bond donors (Lipinski definition) is 4. The Kier molecular flexibility index (Phi) is 8.01. The molecule has 0 aliphatic carbocycles. The normalized spacial score (nSPS) is 13.2. The third-order valence-electron chi connectivity index (χ3n) is 6.27. The lowest BCUT2D eigenvalue weighted by Crippen LogP contribution is -2.34. The number of ether oxygens (including phenoxy) is 1. The Morgan fingerprint density at radius 1 is 0.971 bits per heavy atom. The highest BCUT2D eigenvalue weighted by atomic mass is 16.5. The van der Waals surface area contributed by atoms with Crippen LogP contribution in [0.25, 0.3) is 10.9 Å². The maximum Gasteiger partial charge on any atom is 0.125 e. The number of aromatic amines is 1. The van der Waals surface area contributed by atoms with E-state index in [4.69, 9.17) is 4.74 Å². The van der Waals surface area contributed by atoms with Crippen molar-refractivity contribution in [1.29, 1.82) is 0 Å². The molecule has 0 saturated heterocycles. The van der Waals surface area contributed by atoms with Gasteiger partial charge in [0.1, 0.15) is 12.4 Å². The summed E-state index contributed by atoms with van der Waals surface area (Å²) in [5, 5.41) is 25.4. The number of aryl methyl sites for hydroxylation is 1. The van der Waals surface area contributed by atoms with Crippen molar-refractivity contribution < 1.29 is 14.9 Å². The summed E-state index contributed by atoms with van der Waals surface area (Å²) in [5.74, 6) is 0.636. The molecule has 3 aromatic carbocycles. The standard InChI is InChI=1S/C29H34N2O3/c1-3-26(15-22-9-11-27-24(14-22)13-20(2)31-27)30-17-28(33)23-10-12-29(25(16-23)18-32)34-19-21-7-5-4-6-8-21/h4-14,16,26,28,30-33H,3,15,17-19H2,1-2H3. The molecule has 0 aliphatic heterocycles. The summed E-state index contributed by atoms with van der Waals surface area (Å²) in [6, 6.07) is 24.4. The predicted octanol–water partition coefficient (Wildman–Crippen LogP) is 5.19. The Balaban J connectivity index is 1.35. The highest BCUT2D eigenvalue weighted by molar-refractivity contribution is 5.81. The summed E-state index contributed by atoms with van der Waals surface area (Å²) in [5.41, 5.74) is 6.11. The van der Waals surface area contributed by atoms with Crippen molar-refractivity contribution in [2.45, 2.75) is 52.0 Å². The molecular weight excluding hydrogens is 424 g/mol. The zero-order valence-corrected chi connectivity index (χ0v) is 19.9. The maximum absolute atomic E-state index is 10.8. The van der Waals surface area contributed by atoms with Gasteiger partial charge in [-0.1, -0.05) is 49.4 Å². The molecule has 5 nitrogen and oxygen atoms in total. The van der Waals surface area contributed by atoms with Crippen molar-refractivity contribution in [3.63, 3.8) is 0 Å². The fourth-order valence-corrected chi connectivity index (χ4v) is 4.30. The van der Waals surface area contributed by atoms with Gasteiger partial charge >= 0.3 is 0 Å². The highest BCUT2D eigenvalue weighted by Crippen LogP contribution is 2.25. The fourth-order valence-electron chi connectivity index (χ4n) is 4.30. The van der Waals surface area contributed by atoms with E-state index in [9.17, 15) is 10.2 Å². The van der Waals surface area contributed by atoms with E-state index in [-0.39, 0.29) is 12.6 Å². The number of hydrogen-bond acceptors (Lipinski definition) is 4. The van der Waals surface area contributed by atoms with Crippen LogP contribution in [0.2, 0.25) is 0 Å². The minimum Gasteiger partial charge on any atom is -0.489 e. The van der Waals surface area contributed by atoms with Gasteiger partial charge in [0, 0.05) is 29.4 Å². The summed E-state index contributed by atoms with van der Waals surface area (Å²) < 4.78 is 5.90. The quantitative estimate of drug-likeness (QED) is 0.249. The largest absolute Gasteiger partial charge is 0.489 e. The number of aliphatic hydroxyl groups is 2. The molecule has 0 amide bonds. The number of fused-ring (bicyclic) bond motifs is 1. The molecule has 178 valence electrons. The number of H-pyrrole nitrogens is 1. The first-order chi connectivity index (χ1) is 16.6. The Hall–Kier alpha value is -3.12. The molecule has 34 heavy (non-hydrogen) atoms. The van der Waals surface area contributed by atoms with E-state index in [0.29, 0.717) is 24.5 Å². The molecule has 0 bridgehead atoms. The van der Waals surface area contributed by atoms with Gasteiger partial charge in [0.2, 0.25) is 0 Å². The number of nitrogens with one attached hydrogen (secondary N) is 2. The van der Waals surface area contributed by atoms with Crippen LogP contribution in [-0.4, -0.2) is 27.8 Å². The van der Waals surface area contributed by atoms with Crippen molar-refractivity contribution in [2.24, 2.45) is 0 Å². The van der Waals surface area contributed by atoms with Crippen molar-refractivity contribution in [1.82, 2.24) is 10.3 Å². The zero-order valence-electron chi connectivity index (χ0n) is 19.9. The molecule has 0 fully saturated rings. The molecule has 5 heteroatoms. The minimum absolute atomic E-state index is 0.142. The summed E-state index contributed by atoms with van der Waals surface area (Å²) in [7, 11) is 0. The third-order valence-corrected chi connectivity index (χ3v) is 6.27. The van der Waals surface area contributed by atoms with Gasteiger partial charge in [0.05, 0.1) is 12.7 Å². The van der Waals surface area contributed by atoms with Crippen molar-refractivity contribution in [2.75, 3.05) is 6.54 Å². The second-order valence-electron chi connectivity index (χ2n) is 8.91. The monoisotopic (exact) mass is 458 g/mol. The molecule has 1 heterocycles. The van der Waals surface area contributed by atoms with E-state index < -0.39 is 6.10 Å². The number of aliphatic hydroxyl groups excluding tert-OH is 2. The first-order valence-electron chi connectivity index (χ1n) is 12.0. The highest BCUT2D eigenvalue weighted by Gasteiger charge is 2.15. The summed E-state index contributed by atoms with van der Waals surface area (Å²) in [6.45, 7) is 4.97. The van der Waals surface area contributed by atoms with Crippen LogP contribution in [0.5, 0.6) is 5.75 Å². The van der Waals surface area contributed by atoms with Gasteiger partial charge in [-0.15, -0.1) is 0 Å². The van der Waals surface area contributed by atoms with Crippen molar-refractivity contribution in [3.8, 4) is 5.75 Å². The second-order valence-corrected chi connectivity index (χ2v) is 8.91. The van der Waals surface area contributed by atoms with Gasteiger partial charge in [-0.05, 0) is 72.2 Å². The number of rotatable bonds is 11. The van der Waals surface area contributed by atoms with E-state index in [0.717, 1.165) is 29.5 Å². The predicted molar refractivity (Wildman–Crippen MR) is 137 cm³/mol. The Labute approximate surface area is 201 Å². The van der Waals surface area contributed by atoms with Crippen LogP contribution in [-0.2, 0) is 19.6 Å². The lowest BCUT2D eigenvalue weighted by molar-refractivity contribution is 0.168. The van der Waals surface area contributed by atoms with E-state index in [1.807, 2.05) is 48.5 Å². The van der Waals surface area contributed by atoms with Gasteiger partial charge in [-0.2, -0.15) is 0 Å². The van der Waals surface area contributed by atoms with Crippen LogP contribution in [0, 0.1) is 6.92 Å². The van der Waals surface area contributed by atoms with Crippen LogP contribution in [0.15, 0.2) is 72.8 Å². The number of benzene rings is 3. The molecule has 4 rings (SSSR count). The molecule has 0 saturated carbocycles. The van der Waals surface area contributed by atoms with E-state index in [1.54, 1.807) is 0 Å². The number of aromatic nitrogens is 1. The molecular formula is C29H34N2O3. The maximum atomic E-state index is 10.8. The molecule has 2 atom stereocenters. The Morgan fingerprint density at radius 3 is 2.56 bits per heavy atom. The molecule has 4 aromatic rings. The minimum atomic E-state index is -0.669. The van der Waals surface area contributed by atoms with Crippen LogP contribution in [0.3, 0.4) is 0 Å². The van der Waals surface area contributed by atoms with E-state index in [2.05, 4.69) is 48.4 Å². The van der Waals surface area contributed by atoms with Gasteiger partial charge < -0.3 is 25.3 Å². The Morgan fingerprint density at radius 2 is 1.79 bits per heavy atom. The zero-order chi connectivity index (χ0) is 23.9. The summed E-state index contributed by atoms with van der Waals surface area (Å²) >= 11 is 0. The van der Waals surface area contributed by atoms with Crippen LogP contribution >= 0.6 is 0 Å². The molecule has 0 spiro atoms.